The number of nitro groups is 1. The quantitative estimate of drug-likeness (QED) is 0.221. The van der Waals surface area contributed by atoms with E-state index in [9.17, 15) is 24.8 Å². The maximum Gasteiger partial charge on any atom is 0.275 e. The van der Waals surface area contributed by atoms with Gasteiger partial charge >= 0.3 is 0 Å². The predicted molar refractivity (Wildman–Crippen MR) is 138 cm³/mol. The molecule has 186 valence electrons. The van der Waals surface area contributed by atoms with Crippen LogP contribution in [0.3, 0.4) is 0 Å². The molecular formula is C25H25N5O5S. The second-order valence-corrected chi connectivity index (χ2v) is 8.59. The smallest absolute Gasteiger partial charge is 0.275 e. The molecule has 4 rings (SSSR count). The number of nitrogens with zero attached hydrogens (tertiary/aromatic N) is 4. The van der Waals surface area contributed by atoms with Crippen molar-refractivity contribution in [3.8, 4) is 11.6 Å². The summed E-state index contributed by atoms with van der Waals surface area (Å²) < 4.78 is 4.34. The molecule has 0 spiro atoms. The molecule has 10 nitrogen and oxygen atoms in total. The maximum atomic E-state index is 13.8. The summed E-state index contributed by atoms with van der Waals surface area (Å²) in [5.74, 6) is -1.36. The molecule has 36 heavy (non-hydrogen) atoms. The number of hydrogen-bond acceptors (Lipinski definition) is 6. The first-order valence-corrected chi connectivity index (χ1v) is 11.8. The number of nitrogens with one attached hydrogen (secondary N) is 1. The minimum Gasteiger partial charge on any atom is -0.494 e. The number of rotatable bonds is 7. The number of hydrogen-bond donors (Lipinski definition) is 2. The van der Waals surface area contributed by atoms with E-state index in [4.69, 9.17) is 12.2 Å². The summed E-state index contributed by atoms with van der Waals surface area (Å²) in [7, 11) is 0. The minimum atomic E-state index is -1.02. The third-order valence-corrected chi connectivity index (χ3v) is 6.65. The lowest BCUT2D eigenvalue weighted by Crippen LogP contribution is -2.32. The molecular weight excluding hydrogens is 482 g/mol. The molecule has 1 atom stereocenters. The molecule has 4 aromatic rings. The van der Waals surface area contributed by atoms with Gasteiger partial charge in [0.15, 0.2) is 4.77 Å². The Balaban J connectivity index is 2.10. The molecule has 0 amide bonds. The van der Waals surface area contributed by atoms with E-state index >= 15 is 0 Å². The van der Waals surface area contributed by atoms with E-state index < -0.39 is 22.0 Å². The average Bonchev–Trinajstić information content (AvgIpc) is 3.16. The zero-order valence-electron chi connectivity index (χ0n) is 20.0. The first-order chi connectivity index (χ1) is 17.2. The lowest BCUT2D eigenvalue weighted by atomic mass is 9.86. The van der Waals surface area contributed by atoms with Crippen molar-refractivity contribution in [2.45, 2.75) is 39.8 Å². The van der Waals surface area contributed by atoms with Crippen LogP contribution >= 0.6 is 12.2 Å². The van der Waals surface area contributed by atoms with Crippen LogP contribution in [0.4, 0.5) is 5.69 Å². The van der Waals surface area contributed by atoms with Crippen LogP contribution in [-0.4, -0.2) is 28.9 Å². The Morgan fingerprint density at radius 2 is 1.58 bits per heavy atom. The highest BCUT2D eigenvalue weighted by Crippen LogP contribution is 2.35. The first-order valence-electron chi connectivity index (χ1n) is 11.4. The molecule has 0 aliphatic rings. The molecule has 0 aliphatic heterocycles. The van der Waals surface area contributed by atoms with Gasteiger partial charge in [-0.2, -0.15) is 0 Å². The summed E-state index contributed by atoms with van der Waals surface area (Å²) in [5.41, 5.74) is 0.662. The van der Waals surface area contributed by atoms with E-state index in [2.05, 4.69) is 5.10 Å². The van der Waals surface area contributed by atoms with Crippen molar-refractivity contribution < 1.29 is 10.0 Å². The highest BCUT2D eigenvalue weighted by Gasteiger charge is 2.32. The van der Waals surface area contributed by atoms with Crippen LogP contribution in [0.15, 0.2) is 64.2 Å². The molecule has 2 aromatic heterocycles. The zero-order valence-corrected chi connectivity index (χ0v) is 20.8. The van der Waals surface area contributed by atoms with Crippen LogP contribution in [0.25, 0.3) is 5.69 Å². The van der Waals surface area contributed by atoms with Gasteiger partial charge in [0, 0.05) is 30.9 Å². The Morgan fingerprint density at radius 3 is 2.14 bits per heavy atom. The molecule has 2 heterocycles. The van der Waals surface area contributed by atoms with Crippen molar-refractivity contribution >= 4 is 17.9 Å². The van der Waals surface area contributed by atoms with Gasteiger partial charge in [0.1, 0.15) is 0 Å². The van der Waals surface area contributed by atoms with Gasteiger partial charge in [-0.3, -0.25) is 33.9 Å². The van der Waals surface area contributed by atoms with Crippen LogP contribution < -0.4 is 11.1 Å². The van der Waals surface area contributed by atoms with Crippen molar-refractivity contribution in [3.63, 3.8) is 0 Å². The summed E-state index contributed by atoms with van der Waals surface area (Å²) >= 11 is 5.43. The number of benzene rings is 2. The summed E-state index contributed by atoms with van der Waals surface area (Å²) in [6.45, 7) is 5.82. The number of para-hydroxylation sites is 1. The van der Waals surface area contributed by atoms with Crippen LogP contribution in [-0.2, 0) is 13.1 Å². The zero-order chi connectivity index (χ0) is 26.1. The van der Waals surface area contributed by atoms with E-state index in [1.54, 1.807) is 45.0 Å². The second kappa shape index (κ2) is 9.78. The minimum absolute atomic E-state index is 0.0273. The van der Waals surface area contributed by atoms with Crippen molar-refractivity contribution in [2.24, 2.45) is 0 Å². The lowest BCUT2D eigenvalue weighted by Gasteiger charge is -2.22. The van der Waals surface area contributed by atoms with Gasteiger partial charge in [0.05, 0.1) is 27.7 Å². The van der Waals surface area contributed by atoms with Crippen molar-refractivity contribution in [2.75, 3.05) is 0 Å². The Hall–Kier alpha value is -4.25. The molecule has 1 unspecified atom stereocenters. The van der Waals surface area contributed by atoms with Gasteiger partial charge in [0.2, 0.25) is 5.88 Å². The monoisotopic (exact) mass is 507 g/mol. The average molecular weight is 508 g/mol. The first kappa shape index (κ1) is 24.9. The van der Waals surface area contributed by atoms with Gasteiger partial charge in [-0.05, 0) is 50.7 Å². The fourth-order valence-electron chi connectivity index (χ4n) is 4.45. The summed E-state index contributed by atoms with van der Waals surface area (Å²) in [5, 5.41) is 25.6. The van der Waals surface area contributed by atoms with Crippen LogP contribution in [0, 0.1) is 21.8 Å². The molecule has 2 N–H and O–H groups in total. The SMILES string of the molecule is CCn1c(O)c(C(c2ccc([N+](=O)[O-])cc2)c2c(C)[nH]n(-c3ccccc3)c2=O)c(=O)n(CC)c1=S. The number of aryl methyl sites for hydroxylation is 1. The Kier molecular flexibility index (Phi) is 6.75. The van der Waals surface area contributed by atoms with Crippen molar-refractivity contribution in [1.82, 2.24) is 18.9 Å². The third-order valence-electron chi connectivity index (χ3n) is 6.21. The largest absolute Gasteiger partial charge is 0.494 e. The van der Waals surface area contributed by atoms with Gasteiger partial charge in [-0.1, -0.05) is 30.3 Å². The van der Waals surface area contributed by atoms with Crippen molar-refractivity contribution in [1.29, 1.82) is 0 Å². The number of aromatic hydroxyl groups is 1. The van der Waals surface area contributed by atoms with E-state index in [-0.39, 0.29) is 34.0 Å². The predicted octanol–water partition coefficient (Wildman–Crippen LogP) is 4.00. The van der Waals surface area contributed by atoms with E-state index in [1.165, 1.54) is 38.1 Å². The maximum absolute atomic E-state index is 13.8. The number of non-ortho nitro benzene ring substituents is 1. The molecule has 0 bridgehead atoms. The molecule has 0 saturated carbocycles. The lowest BCUT2D eigenvalue weighted by molar-refractivity contribution is -0.384. The summed E-state index contributed by atoms with van der Waals surface area (Å²) in [4.78, 5) is 38.1. The summed E-state index contributed by atoms with van der Waals surface area (Å²) in [6, 6.07) is 14.6. The number of aromatic amines is 1. The normalized spacial score (nSPS) is 12.0. The Bertz CT molecular complexity index is 1610. The van der Waals surface area contributed by atoms with Crippen molar-refractivity contribution in [3.05, 3.63) is 113 Å². The Labute approximate surface area is 210 Å². The number of aromatic nitrogens is 4. The highest BCUT2D eigenvalue weighted by atomic mass is 32.1. The molecule has 2 aromatic carbocycles. The molecule has 0 fully saturated rings. The second-order valence-electron chi connectivity index (χ2n) is 8.22. The number of nitro benzene ring substituents is 1. The summed E-state index contributed by atoms with van der Waals surface area (Å²) in [6.07, 6.45) is 0. The molecule has 0 radical (unpaired) electrons. The van der Waals surface area contributed by atoms with E-state index in [0.29, 0.717) is 23.5 Å². The standard InChI is InChI=1S/C25H25N5O5S/c1-4-27-22(31)21(23(32)28(5-2)25(27)36)20(16-11-13-18(14-12-16)30(34)35)19-15(3)26-29(24(19)33)17-9-7-6-8-10-17/h6-14,20,26,31H,4-5H2,1-3H3. The third kappa shape index (κ3) is 4.07. The topological polar surface area (TPSA) is 128 Å². The molecule has 0 aliphatic carbocycles. The van der Waals surface area contributed by atoms with Gasteiger partial charge in [0.25, 0.3) is 16.8 Å². The van der Waals surface area contributed by atoms with Crippen LogP contribution in [0.1, 0.15) is 42.1 Å². The van der Waals surface area contributed by atoms with Gasteiger partial charge in [-0.25, -0.2) is 4.68 Å². The fourth-order valence-corrected chi connectivity index (χ4v) is 4.88. The van der Waals surface area contributed by atoms with E-state index in [0.717, 1.165) is 0 Å². The van der Waals surface area contributed by atoms with E-state index in [1.807, 2.05) is 6.07 Å². The van der Waals surface area contributed by atoms with Gasteiger partial charge < -0.3 is 5.11 Å². The molecule has 0 saturated heterocycles. The number of H-pyrrole nitrogens is 1. The van der Waals surface area contributed by atoms with Crippen LogP contribution in [0.5, 0.6) is 5.88 Å². The Morgan fingerprint density at radius 1 is 0.972 bits per heavy atom. The van der Waals surface area contributed by atoms with Crippen LogP contribution in [0.2, 0.25) is 0 Å². The van der Waals surface area contributed by atoms with Gasteiger partial charge in [-0.15, -0.1) is 0 Å². The molecule has 11 heteroatoms. The fraction of sp³-hybridized carbons (Fsp3) is 0.240. The highest BCUT2D eigenvalue weighted by molar-refractivity contribution is 7.71.